The van der Waals surface area contributed by atoms with Gasteiger partial charge in [0.2, 0.25) is 20.0 Å². The summed E-state index contributed by atoms with van der Waals surface area (Å²) in [5.41, 5.74) is 1.47. The van der Waals surface area contributed by atoms with Gasteiger partial charge in [0.1, 0.15) is 10.7 Å². The Hall–Kier alpha value is -1.81. The largest absolute Gasteiger partial charge is 0.246 e. The summed E-state index contributed by atoms with van der Waals surface area (Å²) < 4.78 is 67.5. The zero-order valence-electron chi connectivity index (χ0n) is 15.1. The summed E-state index contributed by atoms with van der Waals surface area (Å²) in [5, 5.41) is 0. The molecule has 9 heteroatoms. The summed E-state index contributed by atoms with van der Waals surface area (Å²) in [6, 6.07) is 10.4. The van der Waals surface area contributed by atoms with Crippen LogP contribution in [0.4, 0.5) is 4.39 Å². The Morgan fingerprint density at radius 1 is 0.778 bits per heavy atom. The highest BCUT2D eigenvalue weighted by Gasteiger charge is 2.35. The Kier molecular flexibility index (Phi) is 5.40. The van der Waals surface area contributed by atoms with Crippen molar-refractivity contribution in [2.45, 2.75) is 23.6 Å². The molecule has 0 atom stereocenters. The summed E-state index contributed by atoms with van der Waals surface area (Å²) >= 11 is 0. The van der Waals surface area contributed by atoms with Crippen LogP contribution in [-0.4, -0.2) is 51.6 Å². The van der Waals surface area contributed by atoms with Gasteiger partial charge in [-0.15, -0.1) is 0 Å². The molecular formula is C18H21FN2O4S2. The van der Waals surface area contributed by atoms with Gasteiger partial charge in [-0.05, 0) is 43.2 Å². The summed E-state index contributed by atoms with van der Waals surface area (Å²) in [6.45, 7) is 3.52. The Morgan fingerprint density at radius 3 is 1.85 bits per heavy atom. The van der Waals surface area contributed by atoms with Crippen molar-refractivity contribution in [1.29, 1.82) is 0 Å². The zero-order valence-corrected chi connectivity index (χ0v) is 16.7. The number of halogens is 1. The van der Waals surface area contributed by atoms with Crippen LogP contribution in [-0.2, 0) is 20.0 Å². The zero-order chi connectivity index (χ0) is 19.8. The van der Waals surface area contributed by atoms with Gasteiger partial charge in [0, 0.05) is 26.2 Å². The maximum atomic E-state index is 13.9. The van der Waals surface area contributed by atoms with E-state index in [-0.39, 0.29) is 31.1 Å². The summed E-state index contributed by atoms with van der Waals surface area (Å²) in [5.74, 6) is -0.817. The van der Waals surface area contributed by atoms with E-state index in [9.17, 15) is 21.2 Å². The van der Waals surface area contributed by atoms with Crippen molar-refractivity contribution >= 4 is 20.0 Å². The summed E-state index contributed by atoms with van der Waals surface area (Å²) in [6.07, 6.45) is 0. The van der Waals surface area contributed by atoms with Crippen molar-refractivity contribution in [3.8, 4) is 0 Å². The number of aryl methyl sites for hydroxylation is 2. The Balaban J connectivity index is 1.81. The van der Waals surface area contributed by atoms with Crippen molar-refractivity contribution in [1.82, 2.24) is 8.61 Å². The van der Waals surface area contributed by atoms with Crippen molar-refractivity contribution in [3.05, 3.63) is 59.4 Å². The highest BCUT2D eigenvalue weighted by Crippen LogP contribution is 2.25. The topological polar surface area (TPSA) is 74.8 Å². The lowest BCUT2D eigenvalue weighted by Gasteiger charge is -2.33. The second kappa shape index (κ2) is 7.31. The Morgan fingerprint density at radius 2 is 1.30 bits per heavy atom. The van der Waals surface area contributed by atoms with Gasteiger partial charge in [-0.2, -0.15) is 8.61 Å². The quantitative estimate of drug-likeness (QED) is 0.771. The van der Waals surface area contributed by atoms with Crippen molar-refractivity contribution in [3.63, 3.8) is 0 Å². The third-order valence-corrected chi connectivity index (χ3v) is 8.59. The predicted molar refractivity (Wildman–Crippen MR) is 99.8 cm³/mol. The number of benzene rings is 2. The first-order chi connectivity index (χ1) is 12.6. The van der Waals surface area contributed by atoms with Gasteiger partial charge in [0.25, 0.3) is 0 Å². The number of rotatable bonds is 4. The summed E-state index contributed by atoms with van der Waals surface area (Å²) in [4.78, 5) is -0.163. The average Bonchev–Trinajstić information content (AvgIpc) is 2.64. The lowest BCUT2D eigenvalue weighted by atomic mass is 10.2. The molecule has 0 spiro atoms. The van der Waals surface area contributed by atoms with Crippen molar-refractivity contribution < 1.29 is 21.2 Å². The van der Waals surface area contributed by atoms with Gasteiger partial charge in [-0.1, -0.05) is 24.3 Å². The Bertz CT molecular complexity index is 1060. The molecule has 1 aliphatic rings. The summed E-state index contributed by atoms with van der Waals surface area (Å²) in [7, 11) is -7.72. The third kappa shape index (κ3) is 3.77. The highest BCUT2D eigenvalue weighted by atomic mass is 32.2. The van der Waals surface area contributed by atoms with Gasteiger partial charge in [-0.3, -0.25) is 0 Å². The predicted octanol–water partition coefficient (Wildman–Crippen LogP) is 2.14. The van der Waals surface area contributed by atoms with E-state index in [1.807, 2.05) is 13.0 Å². The molecule has 0 aliphatic carbocycles. The number of sulfonamides is 2. The van der Waals surface area contributed by atoms with Gasteiger partial charge in [-0.25, -0.2) is 21.2 Å². The van der Waals surface area contributed by atoms with Crippen LogP contribution in [0.5, 0.6) is 0 Å². The fraction of sp³-hybridized carbons (Fsp3) is 0.333. The molecule has 0 amide bonds. The van der Waals surface area contributed by atoms with Crippen LogP contribution in [0, 0.1) is 19.7 Å². The molecule has 1 aliphatic heterocycles. The fourth-order valence-electron chi connectivity index (χ4n) is 3.07. The first kappa shape index (κ1) is 19.9. The van der Waals surface area contributed by atoms with E-state index in [1.54, 1.807) is 19.1 Å². The second-order valence-electron chi connectivity index (χ2n) is 6.51. The highest BCUT2D eigenvalue weighted by molar-refractivity contribution is 7.89. The minimum absolute atomic E-state index is 0.0173. The third-order valence-electron chi connectivity index (χ3n) is 4.61. The lowest BCUT2D eigenvalue weighted by Crippen LogP contribution is -2.50. The molecule has 0 bridgehead atoms. The SMILES string of the molecule is Cc1ccc(C)c(S(=O)(=O)N2CCN(S(=O)(=O)c3ccccc3F)CC2)c1. The maximum Gasteiger partial charge on any atom is 0.246 e. The number of piperazine rings is 1. The van der Waals surface area contributed by atoms with E-state index in [0.717, 1.165) is 15.9 Å². The first-order valence-corrected chi connectivity index (χ1v) is 11.3. The van der Waals surface area contributed by atoms with Crippen LogP contribution >= 0.6 is 0 Å². The van der Waals surface area contributed by atoms with E-state index in [0.29, 0.717) is 5.56 Å². The first-order valence-electron chi connectivity index (χ1n) is 8.46. The molecule has 3 rings (SSSR count). The van der Waals surface area contributed by atoms with E-state index >= 15 is 0 Å². The minimum Gasteiger partial charge on any atom is -0.207 e. The molecule has 0 aromatic heterocycles. The molecule has 2 aromatic rings. The van der Waals surface area contributed by atoms with Crippen LogP contribution in [0.15, 0.2) is 52.3 Å². The number of hydrogen-bond acceptors (Lipinski definition) is 4. The molecule has 2 aromatic carbocycles. The smallest absolute Gasteiger partial charge is 0.207 e. The van der Waals surface area contributed by atoms with Gasteiger partial charge in [0.15, 0.2) is 0 Å². The minimum atomic E-state index is -4.00. The fourth-order valence-corrected chi connectivity index (χ4v) is 6.29. The molecule has 0 radical (unpaired) electrons. The van der Waals surface area contributed by atoms with E-state index < -0.39 is 30.8 Å². The van der Waals surface area contributed by atoms with E-state index in [2.05, 4.69) is 0 Å². The van der Waals surface area contributed by atoms with Crippen LogP contribution in [0.1, 0.15) is 11.1 Å². The molecule has 1 heterocycles. The Labute approximate surface area is 159 Å². The normalized spacial score (nSPS) is 17.1. The van der Waals surface area contributed by atoms with Crippen LogP contribution in [0.2, 0.25) is 0 Å². The van der Waals surface area contributed by atoms with Gasteiger partial charge >= 0.3 is 0 Å². The van der Waals surface area contributed by atoms with E-state index in [1.165, 1.54) is 22.5 Å². The molecular weight excluding hydrogens is 391 g/mol. The number of hydrogen-bond donors (Lipinski definition) is 0. The standard InChI is InChI=1S/C18H21FN2O4S2/c1-14-7-8-15(2)18(13-14)27(24,25)21-11-9-20(10-12-21)26(22,23)17-6-4-3-5-16(17)19/h3-8,13H,9-12H2,1-2H3. The van der Waals surface area contributed by atoms with Crippen molar-refractivity contribution in [2.75, 3.05) is 26.2 Å². The van der Waals surface area contributed by atoms with Crippen LogP contribution < -0.4 is 0 Å². The molecule has 1 fully saturated rings. The molecule has 1 saturated heterocycles. The lowest BCUT2D eigenvalue weighted by molar-refractivity contribution is 0.272. The average molecular weight is 413 g/mol. The van der Waals surface area contributed by atoms with Gasteiger partial charge < -0.3 is 0 Å². The van der Waals surface area contributed by atoms with Crippen LogP contribution in [0.3, 0.4) is 0 Å². The molecule has 6 nitrogen and oxygen atoms in total. The van der Waals surface area contributed by atoms with Crippen molar-refractivity contribution in [2.24, 2.45) is 0 Å². The second-order valence-corrected chi connectivity index (χ2v) is 10.3. The number of nitrogens with zero attached hydrogens (tertiary/aromatic N) is 2. The molecule has 146 valence electrons. The monoisotopic (exact) mass is 412 g/mol. The molecule has 0 unspecified atom stereocenters. The van der Waals surface area contributed by atoms with Gasteiger partial charge in [0.05, 0.1) is 4.90 Å². The van der Waals surface area contributed by atoms with E-state index in [4.69, 9.17) is 0 Å². The maximum absolute atomic E-state index is 13.9. The molecule has 0 N–H and O–H groups in total. The van der Waals surface area contributed by atoms with Crippen LogP contribution in [0.25, 0.3) is 0 Å². The molecule has 27 heavy (non-hydrogen) atoms. The molecule has 0 saturated carbocycles.